The lowest BCUT2D eigenvalue weighted by molar-refractivity contribution is 0.572. The van der Waals surface area contributed by atoms with E-state index in [1.165, 1.54) is 44.1 Å². The number of aromatic nitrogens is 2. The summed E-state index contributed by atoms with van der Waals surface area (Å²) in [5, 5.41) is 12.8. The minimum atomic E-state index is 0.337. The molecule has 1 aliphatic carbocycles. The molecule has 4 nitrogen and oxygen atoms in total. The van der Waals surface area contributed by atoms with Crippen molar-refractivity contribution in [3.05, 3.63) is 59.2 Å². The lowest BCUT2D eigenvalue weighted by Gasteiger charge is -2.14. The quantitative estimate of drug-likeness (QED) is 0.553. The standard InChI is InChI=1S/C23H30N4/c24-18-23-26-21(17-22(27-23)20-11-6-1-2-7-12-20)13-8-15-25-16-14-19-9-4-3-5-10-19/h3-5,9-10,17,20,25H,1-2,6-8,11-16H2. The molecule has 1 aliphatic rings. The minimum Gasteiger partial charge on any atom is -0.316 e. The summed E-state index contributed by atoms with van der Waals surface area (Å²) in [6.45, 7) is 1.96. The fourth-order valence-corrected chi connectivity index (χ4v) is 3.88. The number of benzene rings is 1. The molecule has 1 aromatic carbocycles. The molecule has 0 radical (unpaired) electrons. The minimum absolute atomic E-state index is 0.337. The Bertz CT molecular complexity index is 728. The highest BCUT2D eigenvalue weighted by Crippen LogP contribution is 2.30. The van der Waals surface area contributed by atoms with E-state index in [0.29, 0.717) is 11.7 Å². The van der Waals surface area contributed by atoms with Crippen LogP contribution < -0.4 is 5.32 Å². The van der Waals surface area contributed by atoms with Gasteiger partial charge in [0.1, 0.15) is 6.07 Å². The van der Waals surface area contributed by atoms with Gasteiger partial charge in [-0.3, -0.25) is 0 Å². The van der Waals surface area contributed by atoms with E-state index >= 15 is 0 Å². The molecule has 1 fully saturated rings. The van der Waals surface area contributed by atoms with E-state index in [1.54, 1.807) is 0 Å². The fraction of sp³-hybridized carbons (Fsp3) is 0.522. The van der Waals surface area contributed by atoms with Crippen LogP contribution in [-0.2, 0) is 12.8 Å². The zero-order valence-electron chi connectivity index (χ0n) is 16.2. The molecule has 0 atom stereocenters. The molecule has 1 saturated carbocycles. The van der Waals surface area contributed by atoms with Gasteiger partial charge in [-0.1, -0.05) is 56.0 Å². The van der Waals surface area contributed by atoms with Gasteiger partial charge in [-0.25, -0.2) is 9.97 Å². The number of hydrogen-bond acceptors (Lipinski definition) is 4. The van der Waals surface area contributed by atoms with Crippen molar-refractivity contribution in [3.8, 4) is 6.07 Å². The summed E-state index contributed by atoms with van der Waals surface area (Å²) >= 11 is 0. The first-order valence-corrected chi connectivity index (χ1v) is 10.4. The monoisotopic (exact) mass is 362 g/mol. The smallest absolute Gasteiger partial charge is 0.232 e. The van der Waals surface area contributed by atoms with E-state index in [2.05, 4.69) is 57.8 Å². The Morgan fingerprint density at radius 1 is 0.963 bits per heavy atom. The molecule has 0 spiro atoms. The molecule has 0 saturated heterocycles. The Balaban J connectivity index is 1.47. The first-order chi connectivity index (χ1) is 13.3. The predicted octanol–water partition coefficient (Wildman–Crippen LogP) is 4.55. The van der Waals surface area contributed by atoms with Crippen LogP contribution in [0.2, 0.25) is 0 Å². The van der Waals surface area contributed by atoms with Crippen molar-refractivity contribution in [2.75, 3.05) is 13.1 Å². The van der Waals surface area contributed by atoms with Crippen LogP contribution in [0.4, 0.5) is 0 Å². The summed E-state index contributed by atoms with van der Waals surface area (Å²) in [6.07, 6.45) is 10.6. The highest BCUT2D eigenvalue weighted by Gasteiger charge is 2.17. The second-order valence-corrected chi connectivity index (χ2v) is 7.50. The summed E-state index contributed by atoms with van der Waals surface area (Å²) in [4.78, 5) is 8.96. The molecule has 0 amide bonds. The van der Waals surface area contributed by atoms with Crippen LogP contribution in [0.15, 0.2) is 36.4 Å². The Morgan fingerprint density at radius 3 is 2.48 bits per heavy atom. The second-order valence-electron chi connectivity index (χ2n) is 7.50. The van der Waals surface area contributed by atoms with E-state index < -0.39 is 0 Å². The molecule has 1 heterocycles. The molecule has 0 aliphatic heterocycles. The third-order valence-corrected chi connectivity index (χ3v) is 5.39. The van der Waals surface area contributed by atoms with Gasteiger partial charge in [0.15, 0.2) is 0 Å². The van der Waals surface area contributed by atoms with Crippen molar-refractivity contribution < 1.29 is 0 Å². The molecule has 1 N–H and O–H groups in total. The van der Waals surface area contributed by atoms with Gasteiger partial charge in [0.25, 0.3) is 0 Å². The summed E-state index contributed by atoms with van der Waals surface area (Å²) in [6, 6.07) is 14.9. The first-order valence-electron chi connectivity index (χ1n) is 10.4. The lowest BCUT2D eigenvalue weighted by Crippen LogP contribution is -2.19. The molecule has 2 aromatic rings. The molecular weight excluding hydrogens is 332 g/mol. The Morgan fingerprint density at radius 2 is 1.74 bits per heavy atom. The van der Waals surface area contributed by atoms with Gasteiger partial charge >= 0.3 is 0 Å². The maximum atomic E-state index is 9.30. The van der Waals surface area contributed by atoms with Crippen molar-refractivity contribution in [1.82, 2.24) is 15.3 Å². The van der Waals surface area contributed by atoms with Gasteiger partial charge in [0.2, 0.25) is 5.82 Å². The normalized spacial score (nSPS) is 15.2. The van der Waals surface area contributed by atoms with Crippen molar-refractivity contribution in [1.29, 1.82) is 5.26 Å². The molecule has 27 heavy (non-hydrogen) atoms. The summed E-state index contributed by atoms with van der Waals surface area (Å²) < 4.78 is 0. The third-order valence-electron chi connectivity index (χ3n) is 5.39. The number of rotatable bonds is 8. The van der Waals surface area contributed by atoms with Gasteiger partial charge < -0.3 is 5.32 Å². The van der Waals surface area contributed by atoms with E-state index in [-0.39, 0.29) is 0 Å². The van der Waals surface area contributed by atoms with Crippen LogP contribution in [0.25, 0.3) is 0 Å². The molecule has 1 aromatic heterocycles. The van der Waals surface area contributed by atoms with Gasteiger partial charge in [0.05, 0.1) is 0 Å². The molecular formula is C23H30N4. The molecule has 0 bridgehead atoms. The maximum Gasteiger partial charge on any atom is 0.232 e. The molecule has 142 valence electrons. The number of aryl methyl sites for hydroxylation is 1. The largest absolute Gasteiger partial charge is 0.316 e. The Kier molecular flexibility index (Phi) is 7.80. The molecule has 4 heteroatoms. The van der Waals surface area contributed by atoms with Crippen molar-refractivity contribution in [2.45, 2.75) is 63.7 Å². The van der Waals surface area contributed by atoms with Crippen LogP contribution >= 0.6 is 0 Å². The van der Waals surface area contributed by atoms with Crippen LogP contribution in [0.1, 0.15) is 73.6 Å². The van der Waals surface area contributed by atoms with Gasteiger partial charge in [-0.05, 0) is 56.8 Å². The van der Waals surface area contributed by atoms with Crippen molar-refractivity contribution in [2.24, 2.45) is 0 Å². The summed E-state index contributed by atoms with van der Waals surface area (Å²) in [7, 11) is 0. The maximum absolute atomic E-state index is 9.30. The van der Waals surface area contributed by atoms with Crippen molar-refractivity contribution in [3.63, 3.8) is 0 Å². The van der Waals surface area contributed by atoms with Crippen LogP contribution in [0.5, 0.6) is 0 Å². The zero-order chi connectivity index (χ0) is 18.7. The molecule has 3 rings (SSSR count). The topological polar surface area (TPSA) is 61.6 Å². The average Bonchev–Trinajstić information content (AvgIpc) is 3.01. The zero-order valence-corrected chi connectivity index (χ0v) is 16.2. The SMILES string of the molecule is N#Cc1nc(CCCNCCc2ccccc2)cc(C2CCCCCC2)n1. The molecule has 0 unspecified atom stereocenters. The van der Waals surface area contributed by atoms with Gasteiger partial charge in [-0.15, -0.1) is 0 Å². The summed E-state index contributed by atoms with van der Waals surface area (Å²) in [5.41, 5.74) is 3.48. The van der Waals surface area contributed by atoms with Crippen LogP contribution in [0, 0.1) is 11.3 Å². The van der Waals surface area contributed by atoms with Crippen molar-refractivity contribution >= 4 is 0 Å². The third kappa shape index (κ3) is 6.45. The predicted molar refractivity (Wildman–Crippen MR) is 109 cm³/mol. The van der Waals surface area contributed by atoms with E-state index in [0.717, 1.165) is 43.7 Å². The summed E-state index contributed by atoms with van der Waals surface area (Å²) in [5.74, 6) is 0.842. The highest BCUT2D eigenvalue weighted by atomic mass is 14.9. The first kappa shape index (κ1) is 19.5. The second kappa shape index (κ2) is 10.8. The average molecular weight is 363 g/mol. The number of hydrogen-bond donors (Lipinski definition) is 1. The number of nitrogens with one attached hydrogen (secondary N) is 1. The number of nitriles is 1. The Labute approximate surface area is 163 Å². The lowest BCUT2D eigenvalue weighted by atomic mass is 9.95. The van der Waals surface area contributed by atoms with Gasteiger partial charge in [0, 0.05) is 17.3 Å². The van der Waals surface area contributed by atoms with Gasteiger partial charge in [-0.2, -0.15) is 5.26 Å². The van der Waals surface area contributed by atoms with E-state index in [4.69, 9.17) is 0 Å². The van der Waals surface area contributed by atoms with Crippen LogP contribution in [-0.4, -0.2) is 23.1 Å². The highest BCUT2D eigenvalue weighted by molar-refractivity contribution is 5.21. The Hall–Kier alpha value is -2.25. The van der Waals surface area contributed by atoms with E-state index in [9.17, 15) is 5.26 Å². The van der Waals surface area contributed by atoms with Crippen LogP contribution in [0.3, 0.4) is 0 Å². The number of nitrogens with zero attached hydrogens (tertiary/aromatic N) is 3. The van der Waals surface area contributed by atoms with E-state index in [1.807, 2.05) is 0 Å². The fourth-order valence-electron chi connectivity index (χ4n) is 3.88.